The molecule has 0 amide bonds. The Bertz CT molecular complexity index is 691. The minimum Gasteiger partial charge on any atom is -0.326 e. The number of rotatable bonds is 3. The Morgan fingerprint density at radius 1 is 1.16 bits per heavy atom. The predicted octanol–water partition coefficient (Wildman–Crippen LogP) is 4.05. The number of nitrogens with two attached hydrogens (primary N) is 1. The molecular formula is C14H11FN2S2. The fourth-order valence-corrected chi connectivity index (χ4v) is 3.96. The second-order valence-electron chi connectivity index (χ2n) is 3.98. The van der Waals surface area contributed by atoms with Crippen molar-refractivity contribution in [1.29, 1.82) is 0 Å². The molecule has 3 aromatic rings. The molecule has 19 heavy (non-hydrogen) atoms. The van der Waals surface area contributed by atoms with Crippen LogP contribution in [0, 0.1) is 5.82 Å². The normalized spacial score (nSPS) is 11.1. The van der Waals surface area contributed by atoms with Crippen molar-refractivity contribution in [1.82, 2.24) is 4.98 Å². The van der Waals surface area contributed by atoms with Gasteiger partial charge in [-0.1, -0.05) is 36.0 Å². The first-order valence-corrected chi connectivity index (χ1v) is 7.42. The topological polar surface area (TPSA) is 38.9 Å². The third-order valence-electron chi connectivity index (χ3n) is 2.73. The number of para-hydroxylation sites is 1. The lowest BCUT2D eigenvalue weighted by molar-refractivity contribution is 0.597. The van der Waals surface area contributed by atoms with Gasteiger partial charge in [-0.05, 0) is 23.8 Å². The maximum atomic E-state index is 13.9. The van der Waals surface area contributed by atoms with Crippen molar-refractivity contribution in [2.45, 2.75) is 15.8 Å². The molecule has 0 fully saturated rings. The first-order chi connectivity index (χ1) is 9.28. The molecule has 0 unspecified atom stereocenters. The molecule has 2 N–H and O–H groups in total. The van der Waals surface area contributed by atoms with Crippen molar-refractivity contribution in [3.63, 3.8) is 0 Å². The third kappa shape index (κ3) is 2.49. The van der Waals surface area contributed by atoms with Gasteiger partial charge < -0.3 is 5.73 Å². The SMILES string of the molecule is NCc1cccc(F)c1Sc1nc2ccccc2s1. The van der Waals surface area contributed by atoms with Gasteiger partial charge in [0.1, 0.15) is 5.82 Å². The monoisotopic (exact) mass is 290 g/mol. The van der Waals surface area contributed by atoms with Gasteiger partial charge in [-0.3, -0.25) is 0 Å². The number of benzene rings is 2. The quantitative estimate of drug-likeness (QED) is 0.791. The molecule has 2 nitrogen and oxygen atoms in total. The number of fused-ring (bicyclic) bond motifs is 1. The van der Waals surface area contributed by atoms with Gasteiger partial charge >= 0.3 is 0 Å². The first kappa shape index (κ1) is 12.6. The summed E-state index contributed by atoms with van der Waals surface area (Å²) >= 11 is 2.91. The van der Waals surface area contributed by atoms with E-state index in [-0.39, 0.29) is 5.82 Å². The highest BCUT2D eigenvalue weighted by Gasteiger charge is 2.12. The van der Waals surface area contributed by atoms with E-state index in [1.54, 1.807) is 17.4 Å². The summed E-state index contributed by atoms with van der Waals surface area (Å²) < 4.78 is 15.8. The highest BCUT2D eigenvalue weighted by atomic mass is 32.2. The molecule has 2 aromatic carbocycles. The Kier molecular flexibility index (Phi) is 3.50. The number of halogens is 1. The molecule has 1 aromatic heterocycles. The summed E-state index contributed by atoms with van der Waals surface area (Å²) in [5.41, 5.74) is 7.41. The Morgan fingerprint density at radius 3 is 2.79 bits per heavy atom. The molecular weight excluding hydrogens is 279 g/mol. The fraction of sp³-hybridized carbons (Fsp3) is 0.0714. The van der Waals surface area contributed by atoms with Crippen molar-refractivity contribution in [2.75, 3.05) is 0 Å². The summed E-state index contributed by atoms with van der Waals surface area (Å²) in [4.78, 5) is 5.07. The van der Waals surface area contributed by atoms with Crippen LogP contribution >= 0.6 is 23.1 Å². The zero-order valence-corrected chi connectivity index (χ0v) is 11.6. The van der Waals surface area contributed by atoms with Crippen molar-refractivity contribution in [3.05, 3.63) is 53.8 Å². The van der Waals surface area contributed by atoms with Crippen molar-refractivity contribution in [3.8, 4) is 0 Å². The summed E-state index contributed by atoms with van der Waals surface area (Å²) in [5.74, 6) is -0.243. The molecule has 0 saturated carbocycles. The van der Waals surface area contributed by atoms with Crippen LogP contribution in [0.4, 0.5) is 4.39 Å². The second kappa shape index (κ2) is 5.28. The van der Waals surface area contributed by atoms with Crippen LogP contribution in [0.5, 0.6) is 0 Å². The lowest BCUT2D eigenvalue weighted by Crippen LogP contribution is -1.99. The van der Waals surface area contributed by atoms with E-state index in [1.165, 1.54) is 17.8 Å². The number of nitrogens with zero attached hydrogens (tertiary/aromatic N) is 1. The number of aromatic nitrogens is 1. The molecule has 0 spiro atoms. The summed E-state index contributed by atoms with van der Waals surface area (Å²) in [7, 11) is 0. The lowest BCUT2D eigenvalue weighted by atomic mass is 10.2. The zero-order chi connectivity index (χ0) is 13.2. The van der Waals surface area contributed by atoms with E-state index < -0.39 is 0 Å². The standard InChI is InChI=1S/C14H11FN2S2/c15-10-5-3-4-9(8-16)13(10)19-14-17-11-6-1-2-7-12(11)18-14/h1-7H,8,16H2. The van der Waals surface area contributed by atoms with Gasteiger partial charge in [0.25, 0.3) is 0 Å². The average Bonchev–Trinajstić information content (AvgIpc) is 2.83. The van der Waals surface area contributed by atoms with Crippen LogP contribution in [0.25, 0.3) is 10.2 Å². The van der Waals surface area contributed by atoms with E-state index in [1.807, 2.05) is 30.3 Å². The molecule has 0 radical (unpaired) electrons. The van der Waals surface area contributed by atoms with E-state index in [4.69, 9.17) is 5.73 Å². The van der Waals surface area contributed by atoms with E-state index in [9.17, 15) is 4.39 Å². The van der Waals surface area contributed by atoms with Crippen LogP contribution in [0.1, 0.15) is 5.56 Å². The lowest BCUT2D eigenvalue weighted by Gasteiger charge is -2.06. The average molecular weight is 290 g/mol. The molecule has 0 aliphatic carbocycles. The van der Waals surface area contributed by atoms with Crippen LogP contribution in [-0.4, -0.2) is 4.98 Å². The van der Waals surface area contributed by atoms with E-state index in [2.05, 4.69) is 4.98 Å². The maximum absolute atomic E-state index is 13.9. The Hall–Kier alpha value is -1.43. The zero-order valence-electron chi connectivity index (χ0n) is 9.97. The van der Waals surface area contributed by atoms with Gasteiger partial charge in [-0.25, -0.2) is 9.37 Å². The van der Waals surface area contributed by atoms with Gasteiger partial charge in [0.15, 0.2) is 4.34 Å². The summed E-state index contributed by atoms with van der Waals surface area (Å²) in [6, 6.07) is 12.9. The smallest absolute Gasteiger partial charge is 0.156 e. The molecule has 0 atom stereocenters. The van der Waals surface area contributed by atoms with Gasteiger partial charge in [0, 0.05) is 6.54 Å². The predicted molar refractivity (Wildman–Crippen MR) is 78.0 cm³/mol. The van der Waals surface area contributed by atoms with Crippen LogP contribution < -0.4 is 5.73 Å². The number of thiazole rings is 1. The Labute approximate surface area is 118 Å². The molecule has 0 saturated heterocycles. The number of hydrogen-bond acceptors (Lipinski definition) is 4. The van der Waals surface area contributed by atoms with Crippen molar-refractivity contribution < 1.29 is 4.39 Å². The minimum absolute atomic E-state index is 0.243. The summed E-state index contributed by atoms with van der Waals surface area (Å²) in [6.07, 6.45) is 0. The first-order valence-electron chi connectivity index (χ1n) is 5.79. The number of hydrogen-bond donors (Lipinski definition) is 1. The van der Waals surface area contributed by atoms with E-state index in [0.29, 0.717) is 11.4 Å². The van der Waals surface area contributed by atoms with Crippen LogP contribution in [-0.2, 0) is 6.54 Å². The Balaban J connectivity index is 2.01. The van der Waals surface area contributed by atoms with Crippen LogP contribution in [0.3, 0.4) is 0 Å². The molecule has 0 bridgehead atoms. The summed E-state index contributed by atoms with van der Waals surface area (Å²) in [5, 5.41) is 0. The van der Waals surface area contributed by atoms with Crippen molar-refractivity contribution in [2.24, 2.45) is 5.73 Å². The molecule has 3 rings (SSSR count). The van der Waals surface area contributed by atoms with E-state index in [0.717, 1.165) is 20.1 Å². The van der Waals surface area contributed by atoms with Crippen molar-refractivity contribution >= 4 is 33.3 Å². The molecule has 0 aliphatic heterocycles. The maximum Gasteiger partial charge on any atom is 0.156 e. The highest BCUT2D eigenvalue weighted by molar-refractivity contribution is 8.01. The highest BCUT2D eigenvalue weighted by Crippen LogP contribution is 2.37. The Morgan fingerprint density at radius 2 is 2.00 bits per heavy atom. The minimum atomic E-state index is -0.243. The van der Waals surface area contributed by atoms with Crippen LogP contribution in [0.2, 0.25) is 0 Å². The molecule has 1 heterocycles. The van der Waals surface area contributed by atoms with E-state index >= 15 is 0 Å². The third-order valence-corrected chi connectivity index (χ3v) is 4.99. The van der Waals surface area contributed by atoms with Gasteiger partial charge in [-0.2, -0.15) is 0 Å². The molecule has 0 aliphatic rings. The largest absolute Gasteiger partial charge is 0.326 e. The molecule has 5 heteroatoms. The van der Waals surface area contributed by atoms with Crippen LogP contribution in [0.15, 0.2) is 51.7 Å². The van der Waals surface area contributed by atoms with Gasteiger partial charge in [0.2, 0.25) is 0 Å². The second-order valence-corrected chi connectivity index (χ2v) is 6.27. The van der Waals surface area contributed by atoms with Gasteiger partial charge in [-0.15, -0.1) is 11.3 Å². The summed E-state index contributed by atoms with van der Waals surface area (Å²) in [6.45, 7) is 0.324. The van der Waals surface area contributed by atoms with Gasteiger partial charge in [0.05, 0.1) is 15.1 Å². The fourth-order valence-electron chi connectivity index (χ4n) is 1.81. The molecule has 96 valence electrons.